The number of amides is 1. The number of ether oxygens (including phenoxy) is 1. The first-order valence-electron chi connectivity index (χ1n) is 6.39. The smallest absolute Gasteiger partial charge is 0.233 e. The first kappa shape index (κ1) is 14.9. The molecular formula is C12H22N4O2. The van der Waals surface area contributed by atoms with E-state index in [1.807, 2.05) is 6.07 Å². The first-order chi connectivity index (χ1) is 8.72. The molecule has 1 heterocycles. The lowest BCUT2D eigenvalue weighted by Gasteiger charge is -2.29. The Balaban J connectivity index is 2.06. The second-order valence-corrected chi connectivity index (χ2v) is 4.45. The van der Waals surface area contributed by atoms with Gasteiger partial charge in [-0.3, -0.25) is 9.69 Å². The summed E-state index contributed by atoms with van der Waals surface area (Å²) < 4.78 is 5.28. The van der Waals surface area contributed by atoms with Gasteiger partial charge in [-0.25, -0.2) is 0 Å². The minimum Gasteiger partial charge on any atom is -0.379 e. The standard InChI is InChI=1S/C12H22N4O2/c1-11(10-16-5-7-18-8-6-16)15-9-12(17)14-4-2-3-13/h11,15H,2,4-10H2,1H3,(H,14,17). The van der Waals surface area contributed by atoms with Gasteiger partial charge in [0.05, 0.1) is 32.2 Å². The van der Waals surface area contributed by atoms with Gasteiger partial charge in [0.2, 0.25) is 5.91 Å². The van der Waals surface area contributed by atoms with Gasteiger partial charge >= 0.3 is 0 Å². The van der Waals surface area contributed by atoms with E-state index in [2.05, 4.69) is 22.5 Å². The van der Waals surface area contributed by atoms with Crippen LogP contribution in [-0.2, 0) is 9.53 Å². The molecule has 6 heteroatoms. The number of nitriles is 1. The highest BCUT2D eigenvalue weighted by Gasteiger charge is 2.13. The number of hydrogen-bond donors (Lipinski definition) is 2. The molecule has 0 aromatic carbocycles. The van der Waals surface area contributed by atoms with Crippen molar-refractivity contribution in [2.75, 3.05) is 45.9 Å². The molecule has 0 saturated carbocycles. The third-order valence-corrected chi connectivity index (χ3v) is 2.81. The zero-order valence-corrected chi connectivity index (χ0v) is 10.9. The third-order valence-electron chi connectivity index (χ3n) is 2.81. The molecule has 1 amide bonds. The molecule has 0 spiro atoms. The summed E-state index contributed by atoms with van der Waals surface area (Å²) >= 11 is 0. The van der Waals surface area contributed by atoms with Crippen molar-refractivity contribution >= 4 is 5.91 Å². The van der Waals surface area contributed by atoms with Crippen LogP contribution in [0.25, 0.3) is 0 Å². The van der Waals surface area contributed by atoms with Gasteiger partial charge in [-0.1, -0.05) is 0 Å². The molecule has 0 aromatic rings. The van der Waals surface area contributed by atoms with Crippen molar-refractivity contribution in [1.29, 1.82) is 5.26 Å². The largest absolute Gasteiger partial charge is 0.379 e. The average molecular weight is 254 g/mol. The SMILES string of the molecule is CC(CN1CCOCC1)NCC(=O)NCCC#N. The zero-order valence-electron chi connectivity index (χ0n) is 10.9. The number of nitrogens with one attached hydrogen (secondary N) is 2. The first-order valence-corrected chi connectivity index (χ1v) is 6.39. The van der Waals surface area contributed by atoms with Crippen LogP contribution in [0.4, 0.5) is 0 Å². The summed E-state index contributed by atoms with van der Waals surface area (Å²) in [4.78, 5) is 13.7. The molecule has 0 aromatic heterocycles. The number of rotatable bonds is 7. The summed E-state index contributed by atoms with van der Waals surface area (Å²) in [6, 6.07) is 2.26. The van der Waals surface area contributed by atoms with Crippen LogP contribution in [-0.4, -0.2) is 62.8 Å². The van der Waals surface area contributed by atoms with Gasteiger partial charge in [0.25, 0.3) is 0 Å². The van der Waals surface area contributed by atoms with E-state index in [9.17, 15) is 4.79 Å². The Labute approximate surface area is 108 Å². The average Bonchev–Trinajstić information content (AvgIpc) is 2.38. The maximum atomic E-state index is 11.4. The maximum Gasteiger partial charge on any atom is 0.233 e. The number of morpholine rings is 1. The molecule has 0 bridgehead atoms. The predicted octanol–water partition coefficient (Wildman–Crippen LogP) is -0.673. The van der Waals surface area contributed by atoms with Gasteiger partial charge in [-0.2, -0.15) is 5.26 Å². The lowest BCUT2D eigenvalue weighted by molar-refractivity contribution is -0.120. The molecule has 1 atom stereocenters. The molecule has 1 rings (SSSR count). The Morgan fingerprint density at radius 3 is 2.89 bits per heavy atom. The Morgan fingerprint density at radius 1 is 1.50 bits per heavy atom. The van der Waals surface area contributed by atoms with E-state index in [4.69, 9.17) is 10.00 Å². The number of hydrogen-bond acceptors (Lipinski definition) is 5. The van der Waals surface area contributed by atoms with Crippen LogP contribution >= 0.6 is 0 Å². The summed E-state index contributed by atoms with van der Waals surface area (Å²) in [5, 5.41) is 14.2. The molecule has 102 valence electrons. The van der Waals surface area contributed by atoms with E-state index in [0.717, 1.165) is 32.8 Å². The summed E-state index contributed by atoms with van der Waals surface area (Å²) in [6.45, 7) is 7.22. The monoisotopic (exact) mass is 254 g/mol. The van der Waals surface area contributed by atoms with Crippen LogP contribution in [0.5, 0.6) is 0 Å². The topological polar surface area (TPSA) is 77.4 Å². The fraction of sp³-hybridized carbons (Fsp3) is 0.833. The summed E-state index contributed by atoms with van der Waals surface area (Å²) in [7, 11) is 0. The number of carbonyl (C=O) groups is 1. The molecule has 1 fully saturated rings. The van der Waals surface area contributed by atoms with E-state index in [0.29, 0.717) is 19.5 Å². The molecule has 0 aliphatic carbocycles. The fourth-order valence-corrected chi connectivity index (χ4v) is 1.82. The van der Waals surface area contributed by atoms with Crippen LogP contribution in [0.3, 0.4) is 0 Å². The molecule has 1 unspecified atom stereocenters. The van der Waals surface area contributed by atoms with Crippen molar-refractivity contribution in [3.8, 4) is 6.07 Å². The van der Waals surface area contributed by atoms with E-state index >= 15 is 0 Å². The Bertz CT molecular complexity index is 284. The van der Waals surface area contributed by atoms with Gasteiger partial charge in [0, 0.05) is 32.2 Å². The van der Waals surface area contributed by atoms with Crippen LogP contribution in [0.2, 0.25) is 0 Å². The molecule has 0 radical (unpaired) electrons. The molecule has 1 aliphatic heterocycles. The van der Waals surface area contributed by atoms with Crippen molar-refractivity contribution < 1.29 is 9.53 Å². The number of nitrogens with zero attached hydrogens (tertiary/aromatic N) is 2. The van der Waals surface area contributed by atoms with E-state index in [1.165, 1.54) is 0 Å². The zero-order chi connectivity index (χ0) is 13.2. The van der Waals surface area contributed by atoms with E-state index < -0.39 is 0 Å². The van der Waals surface area contributed by atoms with Gasteiger partial charge in [-0.15, -0.1) is 0 Å². The molecule has 1 saturated heterocycles. The molecular weight excluding hydrogens is 232 g/mol. The lowest BCUT2D eigenvalue weighted by atomic mass is 10.3. The van der Waals surface area contributed by atoms with E-state index in [-0.39, 0.29) is 11.9 Å². The molecule has 6 nitrogen and oxygen atoms in total. The third kappa shape index (κ3) is 6.55. The molecule has 1 aliphatic rings. The van der Waals surface area contributed by atoms with Gasteiger partial charge < -0.3 is 15.4 Å². The van der Waals surface area contributed by atoms with Crippen molar-refractivity contribution in [1.82, 2.24) is 15.5 Å². The lowest BCUT2D eigenvalue weighted by Crippen LogP contribution is -2.46. The van der Waals surface area contributed by atoms with Crippen LogP contribution < -0.4 is 10.6 Å². The predicted molar refractivity (Wildman–Crippen MR) is 68.0 cm³/mol. The summed E-state index contributed by atoms with van der Waals surface area (Å²) in [6.07, 6.45) is 0.356. The Morgan fingerprint density at radius 2 is 2.22 bits per heavy atom. The van der Waals surface area contributed by atoms with Gasteiger partial charge in [0.1, 0.15) is 0 Å². The van der Waals surface area contributed by atoms with Gasteiger partial charge in [0.15, 0.2) is 0 Å². The minimum atomic E-state index is -0.0564. The Kier molecular flexibility index (Phi) is 7.34. The molecule has 2 N–H and O–H groups in total. The fourth-order valence-electron chi connectivity index (χ4n) is 1.82. The Hall–Kier alpha value is -1.16. The van der Waals surface area contributed by atoms with Crippen LogP contribution in [0.1, 0.15) is 13.3 Å². The second kappa shape index (κ2) is 8.86. The number of carbonyl (C=O) groups excluding carboxylic acids is 1. The van der Waals surface area contributed by atoms with E-state index in [1.54, 1.807) is 0 Å². The summed E-state index contributed by atoms with van der Waals surface area (Å²) in [5.41, 5.74) is 0. The van der Waals surface area contributed by atoms with Crippen molar-refractivity contribution in [2.45, 2.75) is 19.4 Å². The highest BCUT2D eigenvalue weighted by molar-refractivity contribution is 5.77. The van der Waals surface area contributed by atoms with Crippen LogP contribution in [0.15, 0.2) is 0 Å². The van der Waals surface area contributed by atoms with Crippen molar-refractivity contribution in [3.05, 3.63) is 0 Å². The summed E-state index contributed by atoms with van der Waals surface area (Å²) in [5.74, 6) is -0.0564. The maximum absolute atomic E-state index is 11.4. The quantitative estimate of drug-likeness (QED) is 0.589. The van der Waals surface area contributed by atoms with Gasteiger partial charge in [-0.05, 0) is 6.92 Å². The van der Waals surface area contributed by atoms with Crippen molar-refractivity contribution in [2.24, 2.45) is 0 Å². The normalized spacial score (nSPS) is 18.0. The highest BCUT2D eigenvalue weighted by atomic mass is 16.5. The second-order valence-electron chi connectivity index (χ2n) is 4.45. The molecule has 18 heavy (non-hydrogen) atoms. The van der Waals surface area contributed by atoms with Crippen molar-refractivity contribution in [3.63, 3.8) is 0 Å². The van der Waals surface area contributed by atoms with Crippen LogP contribution in [0, 0.1) is 11.3 Å². The highest BCUT2D eigenvalue weighted by Crippen LogP contribution is 1.97. The minimum absolute atomic E-state index is 0.0564.